The lowest BCUT2D eigenvalue weighted by Crippen LogP contribution is -2.24. The van der Waals surface area contributed by atoms with Gasteiger partial charge in [0, 0.05) is 0 Å². The topological polar surface area (TPSA) is 134 Å². The van der Waals surface area contributed by atoms with Gasteiger partial charge >= 0.3 is 15.6 Å². The van der Waals surface area contributed by atoms with Crippen LogP contribution >= 0.6 is 39.2 Å². The minimum Gasteiger partial charge on any atom is -0.303 e. The maximum absolute atomic E-state index is 10.8. The van der Waals surface area contributed by atoms with E-state index in [2.05, 4.69) is 0 Å². The largest absolute Gasteiger partial charge is 0.470 e. The molecule has 0 saturated carbocycles. The van der Waals surface area contributed by atoms with Gasteiger partial charge in [0.15, 0.2) is 0 Å². The molecule has 0 amide bonds. The molecule has 0 unspecified atom stereocenters. The number of thioether (sulfide) groups is 2. The van der Waals surface area contributed by atoms with E-state index >= 15 is 0 Å². The lowest BCUT2D eigenvalue weighted by Gasteiger charge is -2.25. The molecule has 8 nitrogen and oxygen atoms in total. The highest BCUT2D eigenvalue weighted by atomic mass is 32.2. The van der Waals surface area contributed by atoms with Crippen LogP contribution in [-0.2, 0) is 18.2 Å². The van der Waals surface area contributed by atoms with E-state index < -0.39 is 26.8 Å². The Balaban J connectivity index is 3.69. The molecular weight excluding hydrogens is 410 g/mol. The molecule has 0 radical (unpaired) electrons. The molecule has 0 aliphatic rings. The number of hydrogen-bond acceptors (Lipinski definition) is 6. The average molecular weight is 440 g/mol. The molecule has 0 aliphatic carbocycles. The summed E-state index contributed by atoms with van der Waals surface area (Å²) in [5.41, 5.74) is -1.71. The van der Waals surface area contributed by atoms with Gasteiger partial charge in [0.2, 0.25) is 0 Å². The van der Waals surface area contributed by atoms with Crippen molar-refractivity contribution in [3.8, 4) is 0 Å². The van der Waals surface area contributed by atoms with Crippen molar-refractivity contribution in [1.29, 1.82) is 0 Å². The summed E-state index contributed by atoms with van der Waals surface area (Å²) in [6.07, 6.45) is 2.07. The quantitative estimate of drug-likeness (QED) is 0.235. The Morgan fingerprint density at radius 3 is 1.32 bits per heavy atom. The highest BCUT2D eigenvalue weighted by molar-refractivity contribution is 8.00. The van der Waals surface area contributed by atoms with Gasteiger partial charge in [-0.3, -0.25) is 9.05 Å². The van der Waals surface area contributed by atoms with E-state index in [-0.39, 0.29) is 0 Å². The first-order chi connectivity index (χ1) is 11.1. The summed E-state index contributed by atoms with van der Waals surface area (Å²) in [5.74, 6) is 3.37. The minimum absolute atomic E-state index is 0.545. The number of hydrogen-bond donors (Lipinski definition) is 4. The van der Waals surface area contributed by atoms with Crippen molar-refractivity contribution in [3.05, 3.63) is 0 Å². The van der Waals surface area contributed by atoms with Gasteiger partial charge in [-0.1, -0.05) is 0 Å². The van der Waals surface area contributed by atoms with E-state index in [1.165, 1.54) is 0 Å². The molecule has 0 aromatic rings. The van der Waals surface area contributed by atoms with E-state index in [1.807, 2.05) is 0 Å². The van der Waals surface area contributed by atoms with Crippen LogP contribution in [0.4, 0.5) is 0 Å². The molecule has 25 heavy (non-hydrogen) atoms. The molecule has 0 rings (SSSR count). The zero-order valence-electron chi connectivity index (χ0n) is 15.1. The molecule has 0 fully saturated rings. The lowest BCUT2D eigenvalue weighted by molar-refractivity contribution is 0.0616. The van der Waals surface area contributed by atoms with Crippen molar-refractivity contribution >= 4 is 39.2 Å². The zero-order valence-corrected chi connectivity index (χ0v) is 18.5. The molecule has 0 saturated heterocycles. The Bertz CT molecular complexity index is 433. The van der Waals surface area contributed by atoms with Gasteiger partial charge in [0.1, 0.15) is 0 Å². The fraction of sp³-hybridized carbons (Fsp3) is 1.00. The normalized spacial score (nSPS) is 14.1. The third kappa shape index (κ3) is 18.1. The van der Waals surface area contributed by atoms with Crippen LogP contribution < -0.4 is 0 Å². The summed E-state index contributed by atoms with van der Waals surface area (Å²) >= 11 is 3.41. The SMILES string of the molecule is CC(C)(CCSCCCSCCC(C)(C)OP(=O)(O)O)OP(=O)(O)O. The monoisotopic (exact) mass is 440 g/mol. The summed E-state index contributed by atoms with van der Waals surface area (Å²) in [6.45, 7) is 6.63. The van der Waals surface area contributed by atoms with Crippen molar-refractivity contribution < 1.29 is 37.8 Å². The molecule has 0 aromatic carbocycles. The van der Waals surface area contributed by atoms with Crippen molar-refractivity contribution in [3.63, 3.8) is 0 Å². The first kappa shape index (κ1) is 25.9. The second-order valence-electron chi connectivity index (χ2n) is 6.76. The predicted octanol–water partition coefficient (Wildman–Crippen LogP) is 3.40. The molecule has 0 aliphatic heterocycles. The van der Waals surface area contributed by atoms with Crippen molar-refractivity contribution in [2.24, 2.45) is 0 Å². The predicted molar refractivity (Wildman–Crippen MR) is 103 cm³/mol. The summed E-state index contributed by atoms with van der Waals surface area (Å²) in [5, 5.41) is 0. The molecule has 0 aromatic heterocycles. The van der Waals surface area contributed by atoms with Crippen LogP contribution in [-0.4, -0.2) is 53.8 Å². The number of phosphoric ester groups is 2. The highest BCUT2D eigenvalue weighted by Gasteiger charge is 2.29. The maximum atomic E-state index is 10.8. The van der Waals surface area contributed by atoms with E-state index in [4.69, 9.17) is 28.6 Å². The van der Waals surface area contributed by atoms with Crippen LogP contribution in [0.2, 0.25) is 0 Å². The fourth-order valence-corrected chi connectivity index (χ4v) is 5.87. The number of rotatable bonds is 14. The maximum Gasteiger partial charge on any atom is 0.470 e. The van der Waals surface area contributed by atoms with E-state index in [0.717, 1.165) is 29.4 Å². The fourth-order valence-electron chi connectivity index (χ4n) is 1.84. The van der Waals surface area contributed by atoms with Crippen molar-refractivity contribution in [2.75, 3.05) is 23.0 Å². The van der Waals surface area contributed by atoms with Gasteiger partial charge in [-0.25, -0.2) is 9.13 Å². The van der Waals surface area contributed by atoms with E-state index in [9.17, 15) is 9.13 Å². The van der Waals surface area contributed by atoms with E-state index in [1.54, 1.807) is 51.2 Å². The van der Waals surface area contributed by atoms with Gasteiger partial charge in [-0.05, 0) is 70.0 Å². The minimum atomic E-state index is -4.46. The third-order valence-corrected chi connectivity index (χ3v) is 6.61. The molecular formula is C13H30O8P2S2. The smallest absolute Gasteiger partial charge is 0.303 e. The Morgan fingerprint density at radius 1 is 0.720 bits per heavy atom. The van der Waals surface area contributed by atoms with Gasteiger partial charge < -0.3 is 19.6 Å². The summed E-state index contributed by atoms with van der Waals surface area (Å²) in [7, 11) is -8.92. The molecule has 0 heterocycles. The standard InChI is InChI=1S/C13H30O8P2S2/c1-12(2,20-22(14,15)16)6-10-24-8-5-9-25-11-7-13(3,4)21-23(17,18)19/h5-11H2,1-4H3,(H2,14,15,16)(H2,17,18,19). The van der Waals surface area contributed by atoms with Crippen molar-refractivity contribution in [2.45, 2.75) is 58.2 Å². The molecule has 12 heteroatoms. The highest BCUT2D eigenvalue weighted by Crippen LogP contribution is 2.43. The van der Waals surface area contributed by atoms with Crippen LogP contribution in [0, 0.1) is 0 Å². The molecule has 152 valence electrons. The van der Waals surface area contributed by atoms with Crippen LogP contribution in [0.1, 0.15) is 47.0 Å². The second-order valence-corrected chi connectivity index (χ2v) is 11.5. The lowest BCUT2D eigenvalue weighted by atomic mass is 10.1. The zero-order chi connectivity index (χ0) is 19.8. The second kappa shape index (κ2) is 11.1. The van der Waals surface area contributed by atoms with Crippen LogP contribution in [0.15, 0.2) is 0 Å². The van der Waals surface area contributed by atoms with Gasteiger partial charge in [-0.2, -0.15) is 23.5 Å². The number of phosphoric acid groups is 2. The summed E-state index contributed by atoms with van der Waals surface area (Å²) in [6, 6.07) is 0. The molecule has 0 spiro atoms. The first-order valence-electron chi connectivity index (χ1n) is 7.80. The summed E-state index contributed by atoms with van der Waals surface area (Å²) < 4.78 is 31.1. The Hall–Kier alpha value is 0.920. The third-order valence-electron chi connectivity index (χ3n) is 3.01. The van der Waals surface area contributed by atoms with Crippen LogP contribution in [0.25, 0.3) is 0 Å². The van der Waals surface area contributed by atoms with Gasteiger partial charge in [-0.15, -0.1) is 0 Å². The summed E-state index contributed by atoms with van der Waals surface area (Å²) in [4.78, 5) is 35.3. The molecule has 0 bridgehead atoms. The molecule has 0 atom stereocenters. The van der Waals surface area contributed by atoms with Gasteiger partial charge in [0.25, 0.3) is 0 Å². The van der Waals surface area contributed by atoms with Crippen LogP contribution in [0.5, 0.6) is 0 Å². The van der Waals surface area contributed by atoms with E-state index in [0.29, 0.717) is 12.8 Å². The van der Waals surface area contributed by atoms with Gasteiger partial charge in [0.05, 0.1) is 11.2 Å². The van der Waals surface area contributed by atoms with Crippen molar-refractivity contribution in [1.82, 2.24) is 0 Å². The van der Waals surface area contributed by atoms with Crippen LogP contribution in [0.3, 0.4) is 0 Å². The first-order valence-corrected chi connectivity index (χ1v) is 13.2. The Kier molecular flexibility index (Phi) is 11.5. The molecule has 4 N–H and O–H groups in total. The Labute approximate surface area is 158 Å². The average Bonchev–Trinajstić information content (AvgIpc) is 2.30. The Morgan fingerprint density at radius 2 is 1.04 bits per heavy atom.